The van der Waals surface area contributed by atoms with E-state index >= 15 is 0 Å². The van der Waals surface area contributed by atoms with Gasteiger partial charge in [0.2, 0.25) is 5.91 Å². The predicted molar refractivity (Wildman–Crippen MR) is 56.7 cm³/mol. The molecule has 0 aromatic heterocycles. The van der Waals surface area contributed by atoms with Crippen LogP contribution in [0.4, 0.5) is 0 Å². The molecule has 0 heterocycles. The molecule has 4 nitrogen and oxygen atoms in total. The zero-order valence-electron chi connectivity index (χ0n) is 9.29. The molecule has 0 aliphatic heterocycles. The van der Waals surface area contributed by atoms with Crippen LogP contribution < -0.4 is 11.1 Å². The van der Waals surface area contributed by atoms with Crippen molar-refractivity contribution in [2.75, 3.05) is 6.61 Å². The fraction of sp³-hybridized carbons (Fsp3) is 0.900. The van der Waals surface area contributed by atoms with Crippen LogP contribution >= 0.6 is 0 Å². The molecule has 0 radical (unpaired) electrons. The van der Waals surface area contributed by atoms with E-state index in [1.54, 1.807) is 0 Å². The van der Waals surface area contributed by atoms with Crippen LogP contribution in [0.25, 0.3) is 0 Å². The lowest BCUT2D eigenvalue weighted by molar-refractivity contribution is -0.124. The van der Waals surface area contributed by atoms with E-state index in [1.807, 2.05) is 20.8 Å². The molecule has 84 valence electrons. The smallest absolute Gasteiger partial charge is 0.237 e. The molecule has 0 bridgehead atoms. The third-order valence-corrected chi connectivity index (χ3v) is 2.62. The SMILES string of the molecule is CCC(C)[C@H](N)C(=O)N[C@H](CC)CO. The van der Waals surface area contributed by atoms with Crippen molar-refractivity contribution < 1.29 is 9.90 Å². The maximum atomic E-state index is 11.5. The van der Waals surface area contributed by atoms with Crippen LogP contribution in [-0.4, -0.2) is 29.7 Å². The van der Waals surface area contributed by atoms with Gasteiger partial charge in [0.05, 0.1) is 18.7 Å². The Hall–Kier alpha value is -0.610. The van der Waals surface area contributed by atoms with Crippen molar-refractivity contribution in [2.24, 2.45) is 11.7 Å². The summed E-state index contributed by atoms with van der Waals surface area (Å²) in [4.78, 5) is 11.5. The number of nitrogens with one attached hydrogen (secondary N) is 1. The fourth-order valence-electron chi connectivity index (χ4n) is 1.09. The standard InChI is InChI=1S/C10H22N2O2/c1-4-7(3)9(11)10(14)12-8(5-2)6-13/h7-9,13H,4-6,11H2,1-3H3,(H,12,14)/t7?,8-,9+/m1/s1. The van der Waals surface area contributed by atoms with Crippen molar-refractivity contribution in [3.63, 3.8) is 0 Å². The molecule has 3 atom stereocenters. The summed E-state index contributed by atoms with van der Waals surface area (Å²) in [5, 5.41) is 11.6. The van der Waals surface area contributed by atoms with E-state index in [2.05, 4.69) is 5.32 Å². The molecule has 0 saturated carbocycles. The number of aliphatic hydroxyl groups excluding tert-OH is 1. The first kappa shape index (κ1) is 13.4. The van der Waals surface area contributed by atoms with Gasteiger partial charge in [-0.05, 0) is 12.3 Å². The molecule has 1 amide bonds. The molecule has 0 aromatic rings. The van der Waals surface area contributed by atoms with Gasteiger partial charge in [-0.15, -0.1) is 0 Å². The van der Waals surface area contributed by atoms with Gasteiger partial charge in [-0.25, -0.2) is 0 Å². The minimum Gasteiger partial charge on any atom is -0.394 e. The van der Waals surface area contributed by atoms with Crippen LogP contribution in [0.5, 0.6) is 0 Å². The Balaban J connectivity index is 4.06. The Kier molecular flexibility index (Phi) is 6.49. The molecule has 0 spiro atoms. The van der Waals surface area contributed by atoms with Gasteiger partial charge in [0, 0.05) is 0 Å². The zero-order valence-corrected chi connectivity index (χ0v) is 9.29. The fourth-order valence-corrected chi connectivity index (χ4v) is 1.09. The Labute approximate surface area is 85.9 Å². The van der Waals surface area contributed by atoms with E-state index in [-0.39, 0.29) is 24.5 Å². The molecule has 0 rings (SSSR count). The highest BCUT2D eigenvalue weighted by Crippen LogP contribution is 2.05. The molecule has 14 heavy (non-hydrogen) atoms. The lowest BCUT2D eigenvalue weighted by Gasteiger charge is -2.21. The largest absolute Gasteiger partial charge is 0.394 e. The number of amides is 1. The maximum absolute atomic E-state index is 11.5. The highest BCUT2D eigenvalue weighted by Gasteiger charge is 2.20. The van der Waals surface area contributed by atoms with E-state index in [0.29, 0.717) is 0 Å². The highest BCUT2D eigenvalue weighted by atomic mass is 16.3. The van der Waals surface area contributed by atoms with Crippen molar-refractivity contribution in [1.29, 1.82) is 0 Å². The number of hydrogen-bond acceptors (Lipinski definition) is 3. The van der Waals surface area contributed by atoms with E-state index in [1.165, 1.54) is 0 Å². The van der Waals surface area contributed by atoms with Gasteiger partial charge in [0.25, 0.3) is 0 Å². The Morgan fingerprint density at radius 2 is 2.00 bits per heavy atom. The van der Waals surface area contributed by atoms with Gasteiger partial charge in [-0.2, -0.15) is 0 Å². The molecule has 0 saturated heterocycles. The molecule has 1 unspecified atom stereocenters. The molecule has 0 aliphatic carbocycles. The molecule has 0 aliphatic rings. The summed E-state index contributed by atoms with van der Waals surface area (Å²) in [5.74, 6) is 0.00597. The van der Waals surface area contributed by atoms with Crippen molar-refractivity contribution in [3.05, 3.63) is 0 Å². The van der Waals surface area contributed by atoms with Gasteiger partial charge in [0.1, 0.15) is 0 Å². The van der Waals surface area contributed by atoms with Crippen molar-refractivity contribution >= 4 is 5.91 Å². The second-order valence-corrected chi connectivity index (χ2v) is 3.71. The van der Waals surface area contributed by atoms with Crippen LogP contribution in [0.2, 0.25) is 0 Å². The van der Waals surface area contributed by atoms with E-state index < -0.39 is 6.04 Å². The van der Waals surface area contributed by atoms with Crippen LogP contribution in [0.1, 0.15) is 33.6 Å². The number of hydrogen-bond donors (Lipinski definition) is 3. The van der Waals surface area contributed by atoms with Crippen LogP contribution in [0, 0.1) is 5.92 Å². The summed E-state index contributed by atoms with van der Waals surface area (Å²) in [6, 6.07) is -0.641. The summed E-state index contributed by atoms with van der Waals surface area (Å²) in [7, 11) is 0. The molecule has 0 aromatic carbocycles. The number of rotatable bonds is 6. The Bertz CT molecular complexity index is 170. The molecular formula is C10H22N2O2. The van der Waals surface area contributed by atoms with Gasteiger partial charge in [0.15, 0.2) is 0 Å². The summed E-state index contributed by atoms with van der Waals surface area (Å²) in [6.45, 7) is 5.83. The van der Waals surface area contributed by atoms with Crippen molar-refractivity contribution in [2.45, 2.75) is 45.7 Å². The minimum absolute atomic E-state index is 0.0323. The van der Waals surface area contributed by atoms with Gasteiger partial charge in [-0.3, -0.25) is 4.79 Å². The molecular weight excluding hydrogens is 180 g/mol. The summed E-state index contributed by atoms with van der Waals surface area (Å²) in [6.07, 6.45) is 1.60. The quantitative estimate of drug-likeness (QED) is 0.578. The van der Waals surface area contributed by atoms with Gasteiger partial charge in [-0.1, -0.05) is 27.2 Å². The van der Waals surface area contributed by atoms with E-state index in [9.17, 15) is 4.79 Å². The third-order valence-electron chi connectivity index (χ3n) is 2.62. The first-order valence-corrected chi connectivity index (χ1v) is 5.23. The average Bonchev–Trinajstić information content (AvgIpc) is 2.23. The van der Waals surface area contributed by atoms with Gasteiger partial charge >= 0.3 is 0 Å². The topological polar surface area (TPSA) is 75.4 Å². The number of aliphatic hydroxyl groups is 1. The number of nitrogens with two attached hydrogens (primary N) is 1. The first-order chi connectivity index (χ1) is 6.56. The first-order valence-electron chi connectivity index (χ1n) is 5.23. The second-order valence-electron chi connectivity index (χ2n) is 3.71. The van der Waals surface area contributed by atoms with Crippen LogP contribution in [-0.2, 0) is 4.79 Å². The summed E-state index contributed by atoms with van der Waals surface area (Å²) < 4.78 is 0. The predicted octanol–water partition coefficient (Wildman–Crippen LogP) is 0.247. The second kappa shape index (κ2) is 6.79. The lowest BCUT2D eigenvalue weighted by atomic mass is 9.99. The summed E-state index contributed by atoms with van der Waals surface area (Å²) in [5.41, 5.74) is 5.74. The van der Waals surface area contributed by atoms with Crippen molar-refractivity contribution in [3.8, 4) is 0 Å². The lowest BCUT2D eigenvalue weighted by Crippen LogP contribution is -2.49. The number of carbonyl (C=O) groups is 1. The maximum Gasteiger partial charge on any atom is 0.237 e. The third kappa shape index (κ3) is 4.07. The van der Waals surface area contributed by atoms with E-state index in [4.69, 9.17) is 10.8 Å². The summed E-state index contributed by atoms with van der Waals surface area (Å²) >= 11 is 0. The molecule has 4 heteroatoms. The Morgan fingerprint density at radius 3 is 2.36 bits per heavy atom. The molecule has 0 fully saturated rings. The van der Waals surface area contributed by atoms with Gasteiger partial charge < -0.3 is 16.2 Å². The van der Waals surface area contributed by atoms with E-state index in [0.717, 1.165) is 12.8 Å². The zero-order chi connectivity index (χ0) is 11.1. The minimum atomic E-state index is -0.472. The van der Waals surface area contributed by atoms with Crippen LogP contribution in [0.3, 0.4) is 0 Å². The molecule has 4 N–H and O–H groups in total. The average molecular weight is 202 g/mol. The normalized spacial score (nSPS) is 17.2. The highest BCUT2D eigenvalue weighted by molar-refractivity contribution is 5.82. The number of carbonyl (C=O) groups excluding carboxylic acids is 1. The van der Waals surface area contributed by atoms with Crippen molar-refractivity contribution in [1.82, 2.24) is 5.32 Å². The van der Waals surface area contributed by atoms with Crippen LogP contribution in [0.15, 0.2) is 0 Å². The monoisotopic (exact) mass is 202 g/mol. The Morgan fingerprint density at radius 1 is 1.43 bits per heavy atom.